The molecule has 2 heteroatoms. The van der Waals surface area contributed by atoms with Gasteiger partial charge in [-0.15, -0.1) is 0 Å². The molecule has 1 aromatic rings. The summed E-state index contributed by atoms with van der Waals surface area (Å²) >= 11 is 0. The van der Waals surface area contributed by atoms with Gasteiger partial charge in [-0.25, -0.2) is 4.98 Å². The standard InChI is InChI=1S/C16H30N2/c1-6-8-9-11-16(4,5)15-14(17-12-18-15)13(3)10-7-2/h12-13H,6-11H2,1-5H3,(H,17,18). The van der Waals surface area contributed by atoms with E-state index in [4.69, 9.17) is 0 Å². The van der Waals surface area contributed by atoms with Gasteiger partial charge >= 0.3 is 0 Å². The molecule has 1 aromatic heterocycles. The molecule has 0 radical (unpaired) electrons. The summed E-state index contributed by atoms with van der Waals surface area (Å²) in [6, 6.07) is 0. The number of unbranched alkanes of at least 4 members (excludes halogenated alkanes) is 2. The predicted octanol–water partition coefficient (Wildman–Crippen LogP) is 5.17. The molecule has 0 bridgehead atoms. The Morgan fingerprint density at radius 3 is 2.56 bits per heavy atom. The van der Waals surface area contributed by atoms with E-state index in [-0.39, 0.29) is 5.41 Å². The summed E-state index contributed by atoms with van der Waals surface area (Å²) in [5.74, 6) is 0.595. The van der Waals surface area contributed by atoms with Crippen molar-refractivity contribution in [3.8, 4) is 0 Å². The van der Waals surface area contributed by atoms with E-state index >= 15 is 0 Å². The van der Waals surface area contributed by atoms with Gasteiger partial charge in [0, 0.05) is 11.1 Å². The smallest absolute Gasteiger partial charge is 0.0925 e. The zero-order chi connectivity index (χ0) is 13.6. The monoisotopic (exact) mass is 250 g/mol. The number of aromatic nitrogens is 2. The van der Waals surface area contributed by atoms with Gasteiger partial charge in [-0.05, 0) is 18.8 Å². The van der Waals surface area contributed by atoms with Gasteiger partial charge in [0.25, 0.3) is 0 Å². The fourth-order valence-electron chi connectivity index (χ4n) is 2.73. The van der Waals surface area contributed by atoms with Crippen molar-refractivity contribution >= 4 is 0 Å². The Morgan fingerprint density at radius 1 is 1.22 bits per heavy atom. The molecule has 0 fully saturated rings. The molecule has 1 atom stereocenters. The maximum atomic E-state index is 4.61. The summed E-state index contributed by atoms with van der Waals surface area (Å²) in [6.45, 7) is 11.5. The Kier molecular flexibility index (Phi) is 5.90. The van der Waals surface area contributed by atoms with Crippen LogP contribution in [0.3, 0.4) is 0 Å². The van der Waals surface area contributed by atoms with Crippen LogP contribution in [0.4, 0.5) is 0 Å². The molecule has 0 aliphatic heterocycles. The summed E-state index contributed by atoms with van der Waals surface area (Å²) in [5.41, 5.74) is 2.85. The Morgan fingerprint density at radius 2 is 1.94 bits per heavy atom. The van der Waals surface area contributed by atoms with Crippen LogP contribution in [0.25, 0.3) is 0 Å². The first-order chi connectivity index (χ1) is 8.53. The molecular weight excluding hydrogens is 220 g/mol. The Hall–Kier alpha value is -0.790. The average molecular weight is 250 g/mol. The minimum Gasteiger partial charge on any atom is -0.348 e. The lowest BCUT2D eigenvalue weighted by atomic mass is 9.80. The molecule has 0 saturated heterocycles. The van der Waals surface area contributed by atoms with Gasteiger partial charge in [-0.3, -0.25) is 0 Å². The van der Waals surface area contributed by atoms with Crippen LogP contribution in [-0.2, 0) is 5.41 Å². The molecule has 1 rings (SSSR count). The molecule has 0 saturated carbocycles. The largest absolute Gasteiger partial charge is 0.348 e. The van der Waals surface area contributed by atoms with Crippen molar-refractivity contribution in [3.05, 3.63) is 17.7 Å². The second-order valence-electron chi connectivity index (χ2n) is 6.20. The van der Waals surface area contributed by atoms with Gasteiger partial charge in [0.2, 0.25) is 0 Å². The van der Waals surface area contributed by atoms with Crippen molar-refractivity contribution < 1.29 is 0 Å². The molecule has 2 nitrogen and oxygen atoms in total. The van der Waals surface area contributed by atoms with E-state index in [9.17, 15) is 0 Å². The fourth-order valence-corrected chi connectivity index (χ4v) is 2.73. The first-order valence-corrected chi connectivity index (χ1v) is 7.56. The first-order valence-electron chi connectivity index (χ1n) is 7.56. The Bertz CT molecular complexity index is 339. The van der Waals surface area contributed by atoms with Gasteiger partial charge in [0.05, 0.1) is 12.0 Å². The Labute approximate surface area is 113 Å². The highest BCUT2D eigenvalue weighted by molar-refractivity contribution is 5.23. The Balaban J connectivity index is 2.78. The number of aromatic amines is 1. The zero-order valence-corrected chi connectivity index (χ0v) is 12.8. The number of hydrogen-bond donors (Lipinski definition) is 1. The number of rotatable bonds is 8. The van der Waals surface area contributed by atoms with Crippen LogP contribution in [0.1, 0.15) is 90.4 Å². The van der Waals surface area contributed by atoms with Crippen molar-refractivity contribution in [1.29, 1.82) is 0 Å². The van der Waals surface area contributed by atoms with Crippen LogP contribution < -0.4 is 0 Å². The molecule has 0 amide bonds. The van der Waals surface area contributed by atoms with Crippen molar-refractivity contribution in [2.75, 3.05) is 0 Å². The SMILES string of the molecule is CCCCCC(C)(C)c1nc[nH]c1C(C)CCC. The highest BCUT2D eigenvalue weighted by Crippen LogP contribution is 2.33. The van der Waals surface area contributed by atoms with Crippen molar-refractivity contribution in [2.24, 2.45) is 0 Å². The fraction of sp³-hybridized carbons (Fsp3) is 0.812. The topological polar surface area (TPSA) is 28.7 Å². The molecule has 18 heavy (non-hydrogen) atoms. The summed E-state index contributed by atoms with van der Waals surface area (Å²) in [6.07, 6.45) is 9.49. The second kappa shape index (κ2) is 6.96. The van der Waals surface area contributed by atoms with Gasteiger partial charge in [-0.1, -0.05) is 60.3 Å². The summed E-state index contributed by atoms with van der Waals surface area (Å²) < 4.78 is 0. The molecule has 1 heterocycles. The number of imidazole rings is 1. The van der Waals surface area contributed by atoms with E-state index < -0.39 is 0 Å². The maximum Gasteiger partial charge on any atom is 0.0925 e. The molecule has 0 aromatic carbocycles. The number of nitrogens with one attached hydrogen (secondary N) is 1. The predicted molar refractivity (Wildman–Crippen MR) is 79.1 cm³/mol. The van der Waals surface area contributed by atoms with E-state index in [0.717, 1.165) is 0 Å². The first kappa shape index (κ1) is 15.3. The van der Waals surface area contributed by atoms with Gasteiger partial charge < -0.3 is 4.98 Å². The normalized spacial score (nSPS) is 13.8. The molecule has 0 aliphatic carbocycles. The van der Waals surface area contributed by atoms with Crippen LogP contribution in [-0.4, -0.2) is 9.97 Å². The van der Waals surface area contributed by atoms with Crippen LogP contribution >= 0.6 is 0 Å². The van der Waals surface area contributed by atoms with E-state index in [0.29, 0.717) is 5.92 Å². The van der Waals surface area contributed by atoms with E-state index in [2.05, 4.69) is 44.6 Å². The van der Waals surface area contributed by atoms with Gasteiger partial charge in [-0.2, -0.15) is 0 Å². The van der Waals surface area contributed by atoms with E-state index in [1.165, 1.54) is 49.9 Å². The number of nitrogens with zero attached hydrogens (tertiary/aromatic N) is 1. The van der Waals surface area contributed by atoms with Crippen molar-refractivity contribution in [2.45, 2.75) is 84.5 Å². The van der Waals surface area contributed by atoms with Gasteiger partial charge in [0.15, 0.2) is 0 Å². The van der Waals surface area contributed by atoms with Crippen LogP contribution in [0, 0.1) is 0 Å². The third-order valence-electron chi connectivity index (χ3n) is 3.93. The lowest BCUT2D eigenvalue weighted by Gasteiger charge is -2.25. The summed E-state index contributed by atoms with van der Waals surface area (Å²) in [4.78, 5) is 7.99. The van der Waals surface area contributed by atoms with Gasteiger partial charge in [0.1, 0.15) is 0 Å². The van der Waals surface area contributed by atoms with Crippen molar-refractivity contribution in [1.82, 2.24) is 9.97 Å². The average Bonchev–Trinajstić information content (AvgIpc) is 2.79. The molecule has 0 aliphatic rings. The summed E-state index contributed by atoms with van der Waals surface area (Å²) in [5, 5.41) is 0. The molecule has 1 unspecified atom stereocenters. The molecule has 1 N–H and O–H groups in total. The van der Waals surface area contributed by atoms with Crippen molar-refractivity contribution in [3.63, 3.8) is 0 Å². The third kappa shape index (κ3) is 3.86. The van der Waals surface area contributed by atoms with E-state index in [1.807, 2.05) is 6.33 Å². The minimum absolute atomic E-state index is 0.201. The lowest BCUT2D eigenvalue weighted by Crippen LogP contribution is -2.20. The van der Waals surface area contributed by atoms with Crippen LogP contribution in [0.5, 0.6) is 0 Å². The quantitative estimate of drug-likeness (QED) is 0.633. The highest BCUT2D eigenvalue weighted by atomic mass is 14.9. The molecular formula is C16H30N2. The lowest BCUT2D eigenvalue weighted by molar-refractivity contribution is 0.432. The number of hydrogen-bond acceptors (Lipinski definition) is 1. The van der Waals surface area contributed by atoms with Crippen LogP contribution in [0.2, 0.25) is 0 Å². The summed E-state index contributed by atoms with van der Waals surface area (Å²) in [7, 11) is 0. The molecule has 104 valence electrons. The second-order valence-corrected chi connectivity index (χ2v) is 6.20. The zero-order valence-electron chi connectivity index (χ0n) is 12.8. The number of H-pyrrole nitrogens is 1. The van der Waals surface area contributed by atoms with E-state index in [1.54, 1.807) is 0 Å². The molecule has 0 spiro atoms. The highest BCUT2D eigenvalue weighted by Gasteiger charge is 2.27. The third-order valence-corrected chi connectivity index (χ3v) is 3.93. The maximum absolute atomic E-state index is 4.61. The van der Waals surface area contributed by atoms with Crippen LogP contribution in [0.15, 0.2) is 6.33 Å². The minimum atomic E-state index is 0.201.